The van der Waals surface area contributed by atoms with Gasteiger partial charge in [0.05, 0.1) is 24.4 Å². The quantitative estimate of drug-likeness (QED) is 0.506. The number of hydrogen-bond donors (Lipinski definition) is 0. The minimum absolute atomic E-state index is 0.0448. The number of rotatable bonds is 9. The molecule has 0 unspecified atom stereocenters. The van der Waals surface area contributed by atoms with Crippen molar-refractivity contribution < 1.29 is 22.7 Å². The normalized spacial score (nSPS) is 11.1. The van der Waals surface area contributed by atoms with Crippen molar-refractivity contribution in [3.63, 3.8) is 0 Å². The highest BCUT2D eigenvalue weighted by atomic mass is 32.2. The molecule has 0 aliphatic rings. The summed E-state index contributed by atoms with van der Waals surface area (Å²) in [5, 5.41) is 0. The predicted molar refractivity (Wildman–Crippen MR) is 95.4 cm³/mol. The van der Waals surface area contributed by atoms with Crippen molar-refractivity contribution in [2.75, 3.05) is 19.5 Å². The van der Waals surface area contributed by atoms with Gasteiger partial charge in [-0.2, -0.15) is 0 Å². The van der Waals surface area contributed by atoms with Crippen LogP contribution < -0.4 is 4.74 Å². The van der Waals surface area contributed by atoms with Crippen LogP contribution in [0.1, 0.15) is 18.4 Å². The van der Waals surface area contributed by atoms with E-state index in [-0.39, 0.29) is 36.1 Å². The van der Waals surface area contributed by atoms with Crippen molar-refractivity contribution in [2.24, 2.45) is 0 Å². The smallest absolute Gasteiger partial charge is 0.306 e. The van der Waals surface area contributed by atoms with Gasteiger partial charge in [-0.3, -0.25) is 4.79 Å². The number of hydrogen-bond acceptors (Lipinski definition) is 5. The molecule has 6 heteroatoms. The van der Waals surface area contributed by atoms with Crippen molar-refractivity contribution in [3.05, 3.63) is 60.2 Å². The predicted octanol–water partition coefficient (Wildman–Crippen LogP) is 3.04. The largest absolute Gasteiger partial charge is 0.496 e. The number of aryl methyl sites for hydroxylation is 1. The summed E-state index contributed by atoms with van der Waals surface area (Å²) in [5.41, 5.74) is 0.939. The molecular weight excluding hydrogens is 340 g/mol. The molecule has 5 nitrogen and oxygen atoms in total. The lowest BCUT2D eigenvalue weighted by Crippen LogP contribution is -2.12. The summed E-state index contributed by atoms with van der Waals surface area (Å²) in [4.78, 5) is 12.1. The second kappa shape index (κ2) is 9.22. The highest BCUT2D eigenvalue weighted by Crippen LogP contribution is 2.19. The highest BCUT2D eigenvalue weighted by molar-refractivity contribution is 7.91. The van der Waals surface area contributed by atoms with E-state index in [1.807, 2.05) is 24.3 Å². The standard InChI is InChI=1S/C19H22O5S/c1-23-18-11-6-5-8-16(18)12-13-19(20)24-14-7-15-25(21,22)17-9-3-2-4-10-17/h2-6,8-11H,7,12-15H2,1H3. The first-order valence-electron chi connectivity index (χ1n) is 8.08. The molecular formula is C19H22O5S. The van der Waals surface area contributed by atoms with Crippen LogP contribution >= 0.6 is 0 Å². The summed E-state index contributed by atoms with van der Waals surface area (Å²) < 4.78 is 34.6. The highest BCUT2D eigenvalue weighted by Gasteiger charge is 2.14. The van der Waals surface area contributed by atoms with Crippen molar-refractivity contribution in [2.45, 2.75) is 24.2 Å². The molecule has 134 valence electrons. The molecule has 25 heavy (non-hydrogen) atoms. The Balaban J connectivity index is 1.72. The Morgan fingerprint density at radius 2 is 1.68 bits per heavy atom. The van der Waals surface area contributed by atoms with Crippen molar-refractivity contribution in [1.29, 1.82) is 0 Å². The Bertz CT molecular complexity index is 784. The molecule has 0 amide bonds. The molecule has 0 N–H and O–H groups in total. The van der Waals surface area contributed by atoms with Crippen LogP contribution in [0, 0.1) is 0 Å². The fourth-order valence-corrected chi connectivity index (χ4v) is 3.70. The molecule has 2 rings (SSSR count). The number of esters is 1. The number of sulfone groups is 1. The maximum absolute atomic E-state index is 12.1. The number of carbonyl (C=O) groups excluding carboxylic acids is 1. The Labute approximate surface area is 148 Å². The van der Waals surface area contributed by atoms with Crippen molar-refractivity contribution in [1.82, 2.24) is 0 Å². The number of carbonyl (C=O) groups is 1. The Morgan fingerprint density at radius 3 is 2.40 bits per heavy atom. The van der Waals surface area contributed by atoms with E-state index >= 15 is 0 Å². The summed E-state index contributed by atoms with van der Waals surface area (Å²) in [7, 11) is -1.74. The van der Waals surface area contributed by atoms with Crippen LogP contribution in [0.5, 0.6) is 5.75 Å². The van der Waals surface area contributed by atoms with Crippen LogP contribution in [0.2, 0.25) is 0 Å². The van der Waals surface area contributed by atoms with E-state index in [0.717, 1.165) is 11.3 Å². The van der Waals surface area contributed by atoms with E-state index in [9.17, 15) is 13.2 Å². The number of benzene rings is 2. The zero-order valence-electron chi connectivity index (χ0n) is 14.2. The van der Waals surface area contributed by atoms with Gasteiger partial charge in [0.25, 0.3) is 0 Å². The number of methoxy groups -OCH3 is 1. The van der Waals surface area contributed by atoms with Gasteiger partial charge in [0.1, 0.15) is 5.75 Å². The number of ether oxygens (including phenoxy) is 2. The van der Waals surface area contributed by atoms with Crippen LogP contribution in [0.4, 0.5) is 0 Å². The minimum atomic E-state index is -3.33. The van der Waals surface area contributed by atoms with Gasteiger partial charge in [0, 0.05) is 6.42 Å². The topological polar surface area (TPSA) is 69.7 Å². The molecule has 0 fully saturated rings. The fraction of sp³-hybridized carbons (Fsp3) is 0.316. The number of para-hydroxylation sites is 1. The summed E-state index contributed by atoms with van der Waals surface area (Å²) in [6.07, 6.45) is 1.02. The molecule has 2 aromatic carbocycles. The molecule has 0 saturated heterocycles. The summed E-state index contributed by atoms with van der Waals surface area (Å²) >= 11 is 0. The second-order valence-corrected chi connectivity index (χ2v) is 7.63. The molecule has 0 heterocycles. The van der Waals surface area contributed by atoms with Gasteiger partial charge in [-0.1, -0.05) is 36.4 Å². The lowest BCUT2D eigenvalue weighted by molar-refractivity contribution is -0.143. The summed E-state index contributed by atoms with van der Waals surface area (Å²) in [6, 6.07) is 15.8. The van der Waals surface area contributed by atoms with E-state index in [1.165, 1.54) is 0 Å². The van der Waals surface area contributed by atoms with E-state index < -0.39 is 9.84 Å². The van der Waals surface area contributed by atoms with E-state index in [1.54, 1.807) is 37.4 Å². The van der Waals surface area contributed by atoms with Gasteiger partial charge in [-0.25, -0.2) is 8.42 Å². The van der Waals surface area contributed by atoms with Gasteiger partial charge >= 0.3 is 5.97 Å². The second-order valence-electron chi connectivity index (χ2n) is 5.52. The zero-order valence-corrected chi connectivity index (χ0v) is 15.0. The summed E-state index contributed by atoms with van der Waals surface area (Å²) in [6.45, 7) is 0.0941. The average molecular weight is 362 g/mol. The maximum atomic E-state index is 12.1. The molecule has 0 radical (unpaired) electrons. The van der Waals surface area contributed by atoms with E-state index in [4.69, 9.17) is 9.47 Å². The third-order valence-electron chi connectivity index (χ3n) is 3.71. The Morgan fingerprint density at radius 1 is 1.00 bits per heavy atom. The van der Waals surface area contributed by atoms with Gasteiger partial charge in [-0.05, 0) is 36.6 Å². The van der Waals surface area contributed by atoms with Crippen LogP contribution in [0.15, 0.2) is 59.5 Å². The van der Waals surface area contributed by atoms with Gasteiger partial charge < -0.3 is 9.47 Å². The maximum Gasteiger partial charge on any atom is 0.306 e. The van der Waals surface area contributed by atoms with Gasteiger partial charge in [-0.15, -0.1) is 0 Å². The van der Waals surface area contributed by atoms with E-state index in [2.05, 4.69) is 0 Å². The molecule has 2 aromatic rings. The minimum Gasteiger partial charge on any atom is -0.496 e. The molecule has 0 bridgehead atoms. The molecule has 0 aliphatic heterocycles. The monoisotopic (exact) mass is 362 g/mol. The Kier molecular flexibility index (Phi) is 7.01. The SMILES string of the molecule is COc1ccccc1CCC(=O)OCCCS(=O)(=O)c1ccccc1. The van der Waals surface area contributed by atoms with Crippen molar-refractivity contribution in [3.8, 4) is 5.75 Å². The first-order chi connectivity index (χ1) is 12.0. The van der Waals surface area contributed by atoms with Crippen LogP contribution in [0.3, 0.4) is 0 Å². The van der Waals surface area contributed by atoms with Gasteiger partial charge in [0.2, 0.25) is 0 Å². The van der Waals surface area contributed by atoms with Gasteiger partial charge in [0.15, 0.2) is 9.84 Å². The lowest BCUT2D eigenvalue weighted by atomic mass is 10.1. The van der Waals surface area contributed by atoms with E-state index in [0.29, 0.717) is 6.42 Å². The van der Waals surface area contributed by atoms with Crippen LogP contribution in [-0.2, 0) is 25.8 Å². The first-order valence-corrected chi connectivity index (χ1v) is 9.73. The third-order valence-corrected chi connectivity index (χ3v) is 5.53. The van der Waals surface area contributed by atoms with Crippen molar-refractivity contribution >= 4 is 15.8 Å². The Hall–Kier alpha value is -2.34. The molecule has 0 atom stereocenters. The van der Waals surface area contributed by atoms with Crippen LogP contribution in [0.25, 0.3) is 0 Å². The molecule has 0 aromatic heterocycles. The fourth-order valence-electron chi connectivity index (χ4n) is 2.40. The zero-order chi connectivity index (χ0) is 18.1. The summed E-state index contributed by atoms with van der Waals surface area (Å²) in [5.74, 6) is 0.351. The first kappa shape index (κ1) is 19.0. The average Bonchev–Trinajstić information content (AvgIpc) is 2.64. The molecule has 0 aliphatic carbocycles. The lowest BCUT2D eigenvalue weighted by Gasteiger charge is -2.08. The third kappa shape index (κ3) is 5.90. The molecule has 0 spiro atoms. The van der Waals surface area contributed by atoms with Crippen LogP contribution in [-0.4, -0.2) is 33.9 Å². The molecule has 0 saturated carbocycles.